The third-order valence-electron chi connectivity index (χ3n) is 3.63. The minimum absolute atomic E-state index is 0.214. The second-order valence-electron chi connectivity index (χ2n) is 5.36. The van der Waals surface area contributed by atoms with Gasteiger partial charge in [0.2, 0.25) is 10.0 Å². The summed E-state index contributed by atoms with van der Waals surface area (Å²) in [6.07, 6.45) is 0.567. The highest BCUT2D eigenvalue weighted by atomic mass is 32.2. The van der Waals surface area contributed by atoms with Crippen LogP contribution in [0.15, 0.2) is 51.8 Å². The number of aryl methyl sites for hydroxylation is 1. The summed E-state index contributed by atoms with van der Waals surface area (Å²) in [4.78, 5) is 4.49. The highest BCUT2D eigenvalue weighted by molar-refractivity contribution is 7.89. The van der Waals surface area contributed by atoms with Gasteiger partial charge in [0, 0.05) is 13.5 Å². The molecule has 0 unspecified atom stereocenters. The summed E-state index contributed by atoms with van der Waals surface area (Å²) in [5.41, 5.74) is 2.51. The number of aromatic nitrogens is 1. The Morgan fingerprint density at radius 3 is 2.62 bits per heavy atom. The van der Waals surface area contributed by atoms with E-state index >= 15 is 0 Å². The molecular formula is C17H18N2O4S. The lowest BCUT2D eigenvalue weighted by Gasteiger charge is -2.07. The molecule has 6 nitrogen and oxygen atoms in total. The minimum atomic E-state index is -3.53. The third kappa shape index (κ3) is 3.58. The second-order valence-corrected chi connectivity index (χ2v) is 7.13. The van der Waals surface area contributed by atoms with Gasteiger partial charge < -0.3 is 9.15 Å². The van der Waals surface area contributed by atoms with Crippen LogP contribution in [0.25, 0.3) is 11.1 Å². The van der Waals surface area contributed by atoms with Crippen molar-refractivity contribution in [2.45, 2.75) is 18.2 Å². The van der Waals surface area contributed by atoms with Crippen molar-refractivity contribution in [3.63, 3.8) is 0 Å². The molecule has 1 heterocycles. The van der Waals surface area contributed by atoms with Crippen LogP contribution in [0.2, 0.25) is 0 Å². The molecule has 0 radical (unpaired) electrons. The molecule has 0 fully saturated rings. The summed E-state index contributed by atoms with van der Waals surface area (Å²) in [6, 6.07) is 12.0. The first kappa shape index (κ1) is 16.5. The first-order chi connectivity index (χ1) is 11.5. The number of oxazole rings is 1. The Kier molecular flexibility index (Phi) is 4.55. The molecule has 2 aromatic carbocycles. The molecule has 3 rings (SSSR count). The fourth-order valence-corrected chi connectivity index (χ4v) is 3.44. The zero-order valence-corrected chi connectivity index (χ0v) is 14.3. The van der Waals surface area contributed by atoms with Crippen molar-refractivity contribution in [2.75, 3.05) is 13.7 Å². The quantitative estimate of drug-likeness (QED) is 0.742. The van der Waals surface area contributed by atoms with E-state index in [0.717, 1.165) is 16.7 Å². The van der Waals surface area contributed by atoms with Gasteiger partial charge in [-0.1, -0.05) is 6.07 Å². The van der Waals surface area contributed by atoms with Gasteiger partial charge in [0.25, 0.3) is 0 Å². The van der Waals surface area contributed by atoms with E-state index in [1.54, 1.807) is 19.1 Å². The third-order valence-corrected chi connectivity index (χ3v) is 5.11. The Labute approximate surface area is 140 Å². The molecule has 0 bridgehead atoms. The van der Waals surface area contributed by atoms with Crippen molar-refractivity contribution >= 4 is 21.1 Å². The SMILES string of the molecule is COc1ccc(S(=O)(=O)NCCc2ccc3oc(C)nc3c2)cc1. The van der Waals surface area contributed by atoms with E-state index in [0.29, 0.717) is 24.6 Å². The van der Waals surface area contributed by atoms with Crippen LogP contribution in [0.1, 0.15) is 11.5 Å². The molecule has 3 aromatic rings. The van der Waals surface area contributed by atoms with E-state index < -0.39 is 10.0 Å². The van der Waals surface area contributed by atoms with Crippen molar-refractivity contribution in [1.82, 2.24) is 9.71 Å². The fourth-order valence-electron chi connectivity index (χ4n) is 2.41. The van der Waals surface area contributed by atoms with E-state index in [1.165, 1.54) is 19.2 Å². The summed E-state index contributed by atoms with van der Waals surface area (Å²) < 4.78 is 37.6. The number of nitrogens with one attached hydrogen (secondary N) is 1. The molecule has 1 N–H and O–H groups in total. The summed E-state index contributed by atoms with van der Waals surface area (Å²) in [5.74, 6) is 1.23. The highest BCUT2D eigenvalue weighted by Gasteiger charge is 2.13. The molecular weight excluding hydrogens is 328 g/mol. The van der Waals surface area contributed by atoms with Gasteiger partial charge in [-0.2, -0.15) is 0 Å². The molecule has 0 aliphatic carbocycles. The van der Waals surface area contributed by atoms with Crippen LogP contribution in [-0.2, 0) is 16.4 Å². The smallest absolute Gasteiger partial charge is 0.240 e. The van der Waals surface area contributed by atoms with Crippen molar-refractivity contribution in [3.8, 4) is 5.75 Å². The van der Waals surface area contributed by atoms with Crippen LogP contribution in [0, 0.1) is 6.92 Å². The molecule has 7 heteroatoms. The first-order valence-electron chi connectivity index (χ1n) is 7.48. The summed E-state index contributed by atoms with van der Waals surface area (Å²) in [5, 5.41) is 0. The zero-order valence-electron chi connectivity index (χ0n) is 13.4. The van der Waals surface area contributed by atoms with Gasteiger partial charge in [0.05, 0.1) is 12.0 Å². The topological polar surface area (TPSA) is 81.4 Å². The van der Waals surface area contributed by atoms with Crippen molar-refractivity contribution in [2.24, 2.45) is 0 Å². The van der Waals surface area contributed by atoms with E-state index in [2.05, 4.69) is 9.71 Å². The van der Waals surface area contributed by atoms with Crippen LogP contribution >= 0.6 is 0 Å². The molecule has 126 valence electrons. The second kappa shape index (κ2) is 6.62. The molecule has 0 amide bonds. The Bertz CT molecular complexity index is 946. The van der Waals surface area contributed by atoms with Crippen molar-refractivity contribution in [1.29, 1.82) is 0 Å². The maximum atomic E-state index is 12.3. The Morgan fingerprint density at radius 1 is 1.17 bits per heavy atom. The monoisotopic (exact) mass is 346 g/mol. The first-order valence-corrected chi connectivity index (χ1v) is 8.96. The predicted octanol–water partition coefficient (Wildman–Crippen LogP) is 2.67. The molecule has 0 saturated carbocycles. The maximum Gasteiger partial charge on any atom is 0.240 e. The average molecular weight is 346 g/mol. The van der Waals surface area contributed by atoms with Gasteiger partial charge in [-0.15, -0.1) is 0 Å². The van der Waals surface area contributed by atoms with E-state index in [-0.39, 0.29) is 4.90 Å². The number of ether oxygens (including phenoxy) is 1. The largest absolute Gasteiger partial charge is 0.497 e. The molecule has 1 aromatic heterocycles. The van der Waals surface area contributed by atoms with Crippen LogP contribution in [0.5, 0.6) is 5.75 Å². The van der Waals surface area contributed by atoms with Gasteiger partial charge >= 0.3 is 0 Å². The van der Waals surface area contributed by atoms with Crippen LogP contribution in [0.3, 0.4) is 0 Å². The van der Waals surface area contributed by atoms with Gasteiger partial charge in [0.15, 0.2) is 11.5 Å². The molecule has 0 spiro atoms. The Balaban J connectivity index is 1.65. The lowest BCUT2D eigenvalue weighted by Crippen LogP contribution is -2.25. The number of methoxy groups -OCH3 is 1. The van der Waals surface area contributed by atoms with E-state index in [1.807, 2.05) is 18.2 Å². The maximum absolute atomic E-state index is 12.3. The Morgan fingerprint density at radius 2 is 1.92 bits per heavy atom. The number of nitrogens with zero attached hydrogens (tertiary/aromatic N) is 1. The number of fused-ring (bicyclic) bond motifs is 1. The minimum Gasteiger partial charge on any atom is -0.497 e. The van der Waals surface area contributed by atoms with Crippen LogP contribution < -0.4 is 9.46 Å². The summed E-state index contributed by atoms with van der Waals surface area (Å²) in [7, 11) is -2.00. The zero-order chi connectivity index (χ0) is 17.2. The normalized spacial score (nSPS) is 11.8. The van der Waals surface area contributed by atoms with E-state index in [9.17, 15) is 8.42 Å². The predicted molar refractivity (Wildman–Crippen MR) is 90.6 cm³/mol. The van der Waals surface area contributed by atoms with Crippen molar-refractivity contribution in [3.05, 3.63) is 53.9 Å². The standard InChI is InChI=1S/C17H18N2O4S/c1-12-19-16-11-13(3-8-17(16)23-12)9-10-18-24(20,21)15-6-4-14(22-2)5-7-15/h3-8,11,18H,9-10H2,1-2H3. The highest BCUT2D eigenvalue weighted by Crippen LogP contribution is 2.18. The van der Waals surface area contributed by atoms with Crippen molar-refractivity contribution < 1.29 is 17.6 Å². The lowest BCUT2D eigenvalue weighted by molar-refractivity contribution is 0.414. The number of rotatable bonds is 6. The van der Waals surface area contributed by atoms with E-state index in [4.69, 9.17) is 9.15 Å². The van der Waals surface area contributed by atoms with Gasteiger partial charge in [-0.3, -0.25) is 0 Å². The van der Waals surface area contributed by atoms with Crippen LogP contribution in [-0.4, -0.2) is 27.1 Å². The van der Waals surface area contributed by atoms with Gasteiger partial charge in [0.1, 0.15) is 11.3 Å². The number of sulfonamides is 1. The van der Waals surface area contributed by atoms with Crippen LogP contribution in [0.4, 0.5) is 0 Å². The molecule has 0 aliphatic rings. The molecule has 0 aliphatic heterocycles. The average Bonchev–Trinajstić information content (AvgIpc) is 2.94. The molecule has 0 saturated heterocycles. The summed E-state index contributed by atoms with van der Waals surface area (Å²) >= 11 is 0. The number of benzene rings is 2. The number of hydrogen-bond donors (Lipinski definition) is 1. The molecule has 0 atom stereocenters. The summed E-state index contributed by atoms with van der Waals surface area (Å²) in [6.45, 7) is 2.10. The molecule has 24 heavy (non-hydrogen) atoms. The van der Waals surface area contributed by atoms with Gasteiger partial charge in [-0.05, 0) is 48.4 Å². The van der Waals surface area contributed by atoms with Gasteiger partial charge in [-0.25, -0.2) is 18.1 Å². The number of hydrogen-bond acceptors (Lipinski definition) is 5. The fraction of sp³-hybridized carbons (Fsp3) is 0.235. The Hall–Kier alpha value is -2.38. The lowest BCUT2D eigenvalue weighted by atomic mass is 10.1.